The molecule has 0 spiro atoms. The average molecular weight is 656 g/mol. The molecule has 4 rings (SSSR count). The van der Waals surface area contributed by atoms with Crippen LogP contribution in [0, 0.1) is 23.2 Å². The van der Waals surface area contributed by atoms with Gasteiger partial charge in [-0.25, -0.2) is 4.39 Å². The maximum absolute atomic E-state index is 16.1. The number of phenolic OH excluding ortho intramolecular Hbond substituents is 1. The second-order valence-electron chi connectivity index (χ2n) is 14.6. The van der Waals surface area contributed by atoms with Gasteiger partial charge >= 0.3 is 18.0 Å². The number of halogens is 8. The molecule has 0 heterocycles. The predicted molar refractivity (Wildman–Crippen MR) is 157 cm³/mol. The zero-order chi connectivity index (χ0) is 33.4. The van der Waals surface area contributed by atoms with Crippen LogP contribution in [0.25, 0.3) is 0 Å². The number of alkyl halides is 8. The normalized spacial score (nSPS) is 32.0. The van der Waals surface area contributed by atoms with E-state index in [9.17, 15) is 40.9 Å². The largest absolute Gasteiger partial charge is 0.508 e. The van der Waals surface area contributed by atoms with Gasteiger partial charge in [0.05, 0.1) is 5.60 Å². The quantitative estimate of drug-likeness (QED) is 0.155. The molecule has 0 unspecified atom stereocenters. The van der Waals surface area contributed by atoms with Gasteiger partial charge in [-0.1, -0.05) is 38.7 Å². The maximum Gasteiger partial charge on any atom is 0.459 e. The maximum atomic E-state index is 16.1. The summed E-state index contributed by atoms with van der Waals surface area (Å²) >= 11 is 0. The summed E-state index contributed by atoms with van der Waals surface area (Å²) in [7, 11) is 1.93. The summed E-state index contributed by atoms with van der Waals surface area (Å²) in [6, 6.07) is 5.32. The summed E-state index contributed by atoms with van der Waals surface area (Å²) in [5.41, 5.74) is 0.655. The molecule has 0 aliphatic heterocycles. The smallest absolute Gasteiger partial charge is 0.459 e. The van der Waals surface area contributed by atoms with E-state index in [0.717, 1.165) is 56.2 Å². The third kappa shape index (κ3) is 7.29. The van der Waals surface area contributed by atoms with Crippen molar-refractivity contribution in [2.24, 2.45) is 23.2 Å². The lowest BCUT2D eigenvalue weighted by Gasteiger charge is -2.56. The van der Waals surface area contributed by atoms with E-state index in [1.165, 1.54) is 0 Å². The minimum absolute atomic E-state index is 0.132. The molecule has 2 N–H and O–H groups in total. The van der Waals surface area contributed by atoms with E-state index in [1.54, 1.807) is 12.1 Å². The highest BCUT2D eigenvalue weighted by atomic mass is 19.4. The highest BCUT2D eigenvalue weighted by molar-refractivity contribution is 5.41. The van der Waals surface area contributed by atoms with Gasteiger partial charge in [0.2, 0.25) is 0 Å². The topological polar surface area (TPSA) is 43.7 Å². The molecule has 3 nitrogen and oxygen atoms in total. The molecule has 1 aromatic carbocycles. The number of aromatic hydroxyl groups is 1. The highest BCUT2D eigenvalue weighted by Gasteiger charge is 2.72. The number of unbranched alkanes of at least 4 members (excludes halogenated alkanes) is 5. The Morgan fingerprint density at radius 2 is 1.53 bits per heavy atom. The number of hydrogen-bond donors (Lipinski definition) is 2. The molecule has 0 bridgehead atoms. The van der Waals surface area contributed by atoms with Crippen molar-refractivity contribution in [1.82, 2.24) is 4.90 Å². The van der Waals surface area contributed by atoms with Gasteiger partial charge in [-0.15, -0.1) is 0 Å². The van der Waals surface area contributed by atoms with Gasteiger partial charge in [0.1, 0.15) is 11.9 Å². The molecule has 0 aromatic heterocycles. The Morgan fingerprint density at radius 3 is 2.18 bits per heavy atom. The summed E-state index contributed by atoms with van der Waals surface area (Å²) in [5, 5.41) is 21.4. The second kappa shape index (κ2) is 13.5. The van der Waals surface area contributed by atoms with E-state index in [4.69, 9.17) is 0 Å². The van der Waals surface area contributed by atoms with Crippen molar-refractivity contribution in [3.63, 3.8) is 0 Å². The molecule has 3 aliphatic rings. The average Bonchev–Trinajstić information content (AvgIpc) is 3.16. The zero-order valence-electron chi connectivity index (χ0n) is 26.6. The van der Waals surface area contributed by atoms with Crippen molar-refractivity contribution in [2.75, 3.05) is 20.1 Å². The summed E-state index contributed by atoms with van der Waals surface area (Å²) in [4.78, 5) is 2.10. The summed E-state index contributed by atoms with van der Waals surface area (Å²) in [6.45, 7) is 5.40. The Hall–Kier alpha value is -1.62. The lowest BCUT2D eigenvalue weighted by atomic mass is 9.50. The molecule has 11 heteroatoms. The van der Waals surface area contributed by atoms with Crippen molar-refractivity contribution >= 4 is 0 Å². The lowest BCUT2D eigenvalue weighted by molar-refractivity contribution is -0.355. The standard InChI is InChI=1S/C34H49F8NO2/c1-30-21-27(35)29-25-13-12-24(44)20-23(25)19-22(28(29)26(30)14-16-31(30,2)45)11-7-6-10-18-43(3)17-9-5-4-8-15-32(36,37)33(38,39)34(40,41)42/h12-13,20,22,26-29,44-45H,4-11,14-19,21H2,1-3H3/t22-,26+,27+,28+,29+,30+,31+/m1/s1. The Bertz CT molecular complexity index is 1140. The molecule has 258 valence electrons. The fourth-order valence-electron chi connectivity index (χ4n) is 8.81. The van der Waals surface area contributed by atoms with Gasteiger partial charge in [-0.05, 0) is 119 Å². The SMILES string of the molecule is CN(CCCCCCC(F)(F)C(F)(F)C(F)(F)F)CCCCC[C@@H]1Cc2cc(O)ccc2[C@@H]2[C@@H]1[C@@H]1CC[C@](C)(O)[C@@]1(C)C[C@@H]2F. The van der Waals surface area contributed by atoms with Gasteiger partial charge in [0.25, 0.3) is 0 Å². The molecule has 0 radical (unpaired) electrons. The van der Waals surface area contributed by atoms with E-state index in [-0.39, 0.29) is 35.8 Å². The Labute approximate surface area is 261 Å². The monoisotopic (exact) mass is 655 g/mol. The fraction of sp³-hybridized carbons (Fsp3) is 0.824. The first-order valence-electron chi connectivity index (χ1n) is 16.5. The molecule has 7 atom stereocenters. The second-order valence-corrected chi connectivity index (χ2v) is 14.6. The van der Waals surface area contributed by atoms with Crippen molar-refractivity contribution in [1.29, 1.82) is 0 Å². The fourth-order valence-corrected chi connectivity index (χ4v) is 8.81. The van der Waals surface area contributed by atoms with Crippen molar-refractivity contribution in [3.8, 4) is 5.75 Å². The number of rotatable bonds is 14. The Balaban J connectivity index is 1.22. The third-order valence-electron chi connectivity index (χ3n) is 11.6. The number of benzene rings is 1. The Morgan fingerprint density at radius 1 is 0.911 bits per heavy atom. The number of phenols is 1. The minimum atomic E-state index is -6.28. The molecule has 2 saturated carbocycles. The molecular weight excluding hydrogens is 606 g/mol. The molecule has 2 fully saturated rings. The first-order chi connectivity index (χ1) is 20.8. The van der Waals surface area contributed by atoms with Crippen molar-refractivity contribution < 1.29 is 45.3 Å². The highest BCUT2D eigenvalue weighted by Crippen LogP contribution is 2.66. The van der Waals surface area contributed by atoms with Gasteiger partial charge < -0.3 is 15.1 Å². The molecular formula is C34H49F8NO2. The zero-order valence-corrected chi connectivity index (χ0v) is 26.6. The number of nitrogens with zero attached hydrogens (tertiary/aromatic N) is 1. The molecule has 0 saturated heterocycles. The summed E-state index contributed by atoms with van der Waals surface area (Å²) in [6.07, 6.45) is -1.55. The van der Waals surface area contributed by atoms with E-state index in [1.807, 2.05) is 20.0 Å². The van der Waals surface area contributed by atoms with Crippen LogP contribution in [0.3, 0.4) is 0 Å². The van der Waals surface area contributed by atoms with Gasteiger partial charge in [-0.2, -0.15) is 30.7 Å². The van der Waals surface area contributed by atoms with Crippen LogP contribution >= 0.6 is 0 Å². The Kier molecular flexibility index (Phi) is 10.8. The van der Waals surface area contributed by atoms with Crippen LogP contribution in [0.1, 0.15) is 108 Å². The van der Waals surface area contributed by atoms with Crippen molar-refractivity contribution in [2.45, 2.75) is 133 Å². The summed E-state index contributed by atoms with van der Waals surface area (Å²) in [5.74, 6) is -10.6. The van der Waals surface area contributed by atoms with E-state index < -0.39 is 48.1 Å². The van der Waals surface area contributed by atoms with Crippen LogP contribution in [0.5, 0.6) is 5.75 Å². The first-order valence-corrected chi connectivity index (χ1v) is 16.5. The summed E-state index contributed by atoms with van der Waals surface area (Å²) < 4.78 is 106. The van der Waals surface area contributed by atoms with Gasteiger partial charge in [-0.3, -0.25) is 0 Å². The lowest BCUT2D eigenvalue weighted by Crippen LogP contribution is -2.54. The van der Waals surface area contributed by atoms with Crippen LogP contribution in [0.4, 0.5) is 35.1 Å². The first kappa shape index (κ1) is 36.2. The number of aliphatic hydroxyl groups is 1. The third-order valence-corrected chi connectivity index (χ3v) is 11.6. The van der Waals surface area contributed by atoms with Crippen LogP contribution in [0.2, 0.25) is 0 Å². The molecule has 45 heavy (non-hydrogen) atoms. The number of fused-ring (bicyclic) bond motifs is 5. The van der Waals surface area contributed by atoms with Gasteiger partial charge in [0, 0.05) is 17.8 Å². The molecule has 3 aliphatic carbocycles. The number of hydrogen-bond acceptors (Lipinski definition) is 3. The minimum Gasteiger partial charge on any atom is -0.508 e. The molecule has 1 aromatic rings. The predicted octanol–water partition coefficient (Wildman–Crippen LogP) is 9.45. The van der Waals surface area contributed by atoms with Crippen LogP contribution < -0.4 is 0 Å². The molecule has 0 amide bonds. The van der Waals surface area contributed by atoms with Gasteiger partial charge in [0.15, 0.2) is 0 Å². The van der Waals surface area contributed by atoms with E-state index >= 15 is 4.39 Å². The van der Waals surface area contributed by atoms with E-state index in [0.29, 0.717) is 32.2 Å². The van der Waals surface area contributed by atoms with Crippen LogP contribution in [0.15, 0.2) is 18.2 Å². The van der Waals surface area contributed by atoms with Crippen LogP contribution in [-0.4, -0.2) is 65.0 Å². The van der Waals surface area contributed by atoms with E-state index in [2.05, 4.69) is 11.8 Å². The van der Waals surface area contributed by atoms with Crippen molar-refractivity contribution in [3.05, 3.63) is 29.3 Å². The van der Waals surface area contributed by atoms with Crippen LogP contribution in [-0.2, 0) is 6.42 Å².